The first-order valence-corrected chi connectivity index (χ1v) is 16.5. The zero-order valence-corrected chi connectivity index (χ0v) is 28.2. The molecule has 0 aliphatic carbocycles. The van der Waals surface area contributed by atoms with Gasteiger partial charge in [0.25, 0.3) is 0 Å². The van der Waals surface area contributed by atoms with Crippen molar-refractivity contribution in [3.63, 3.8) is 0 Å². The molecule has 0 bridgehead atoms. The quantitative estimate of drug-likeness (QED) is 0.0474. The topological polar surface area (TPSA) is 126 Å². The lowest BCUT2D eigenvalue weighted by Crippen LogP contribution is -2.09. The second kappa shape index (κ2) is 21.1. The molecule has 1 N–H and O–H groups in total. The number of ether oxygens (including phenoxy) is 5. The highest BCUT2D eigenvalue weighted by molar-refractivity contribution is 5.87. The van der Waals surface area contributed by atoms with Gasteiger partial charge >= 0.3 is 17.9 Å². The number of nitrogens with zero attached hydrogens (tertiary/aromatic N) is 1. The van der Waals surface area contributed by atoms with E-state index in [9.17, 15) is 14.4 Å². The Morgan fingerprint density at radius 3 is 1.85 bits per heavy atom. The van der Waals surface area contributed by atoms with Crippen molar-refractivity contribution >= 4 is 17.9 Å². The van der Waals surface area contributed by atoms with Gasteiger partial charge in [-0.15, -0.1) is 0 Å². The summed E-state index contributed by atoms with van der Waals surface area (Å²) < 4.78 is 27.7. The summed E-state index contributed by atoms with van der Waals surface area (Å²) in [6.45, 7) is 12.6. The van der Waals surface area contributed by atoms with Gasteiger partial charge in [-0.1, -0.05) is 57.0 Å². The lowest BCUT2D eigenvalue weighted by atomic mass is 9.97. The first-order valence-electron chi connectivity index (χ1n) is 16.5. The van der Waals surface area contributed by atoms with Crippen LogP contribution in [0.4, 0.5) is 0 Å². The molecule has 1 aromatic heterocycles. The van der Waals surface area contributed by atoms with Gasteiger partial charge in [0.2, 0.25) is 0 Å². The van der Waals surface area contributed by atoms with Gasteiger partial charge in [0, 0.05) is 17.6 Å². The molecule has 3 aromatic rings. The van der Waals surface area contributed by atoms with Crippen molar-refractivity contribution in [3.05, 3.63) is 90.6 Å². The Hall–Kier alpha value is -4.86. The van der Waals surface area contributed by atoms with E-state index in [1.54, 1.807) is 13.8 Å². The summed E-state index contributed by atoms with van der Waals surface area (Å²) in [4.78, 5) is 41.8. The number of imidazole rings is 1. The number of carbonyl (C=O) groups is 3. The van der Waals surface area contributed by atoms with Gasteiger partial charge in [-0.3, -0.25) is 0 Å². The molecule has 10 heteroatoms. The fourth-order valence-electron chi connectivity index (χ4n) is 4.65. The summed E-state index contributed by atoms with van der Waals surface area (Å²) >= 11 is 0. The van der Waals surface area contributed by atoms with Gasteiger partial charge in [0.05, 0.1) is 45.6 Å². The maximum Gasteiger partial charge on any atom is 0.356 e. The molecule has 0 amide bonds. The first-order chi connectivity index (χ1) is 23.2. The van der Waals surface area contributed by atoms with Crippen LogP contribution in [0.1, 0.15) is 81.3 Å². The normalized spacial score (nSPS) is 10.6. The minimum absolute atomic E-state index is 0.230. The van der Waals surface area contributed by atoms with Crippen LogP contribution < -0.4 is 9.47 Å². The second-order valence-electron chi connectivity index (χ2n) is 11.6. The predicted octanol–water partition coefficient (Wildman–Crippen LogP) is 7.59. The van der Waals surface area contributed by atoms with Crippen LogP contribution in [-0.2, 0) is 30.2 Å². The Bertz CT molecular complexity index is 1460. The second-order valence-corrected chi connectivity index (χ2v) is 11.6. The van der Waals surface area contributed by atoms with E-state index in [0.29, 0.717) is 56.1 Å². The number of aromatic amines is 1. The van der Waals surface area contributed by atoms with E-state index in [-0.39, 0.29) is 18.5 Å². The number of rotatable bonds is 23. The summed E-state index contributed by atoms with van der Waals surface area (Å²) in [5, 5.41) is 0. The van der Waals surface area contributed by atoms with E-state index in [2.05, 4.69) is 23.1 Å². The van der Waals surface area contributed by atoms with E-state index in [1.165, 1.54) is 12.5 Å². The molecule has 10 nitrogen and oxygen atoms in total. The van der Waals surface area contributed by atoms with Crippen molar-refractivity contribution in [1.82, 2.24) is 9.97 Å². The van der Waals surface area contributed by atoms with Gasteiger partial charge < -0.3 is 28.7 Å². The average molecular weight is 661 g/mol. The number of hydrogen-bond donors (Lipinski definition) is 1. The SMILES string of the molecule is C=C(C)C(=O)OCCCCOc1ccc(-c2ccc(OCCCCCCCCOC(=O)c3cnc[nH]3)cc2CCOC(=O)C(=C)C)cc1. The molecule has 0 saturated carbocycles. The molecule has 0 aliphatic heterocycles. The smallest absolute Gasteiger partial charge is 0.356 e. The molecule has 1 heterocycles. The number of nitrogens with one attached hydrogen (secondary N) is 1. The van der Waals surface area contributed by atoms with E-state index in [4.69, 9.17) is 23.7 Å². The highest BCUT2D eigenvalue weighted by atomic mass is 16.5. The maximum absolute atomic E-state index is 12.0. The van der Waals surface area contributed by atoms with Crippen molar-refractivity contribution in [2.45, 2.75) is 71.6 Å². The fourth-order valence-corrected chi connectivity index (χ4v) is 4.65. The van der Waals surface area contributed by atoms with Gasteiger partial charge in [-0.25, -0.2) is 19.4 Å². The molecular formula is C38H48N2O8. The Kier molecular flexibility index (Phi) is 16.5. The summed E-state index contributed by atoms with van der Waals surface area (Å²) in [6, 6.07) is 13.9. The van der Waals surface area contributed by atoms with Crippen LogP contribution in [0.2, 0.25) is 0 Å². The average Bonchev–Trinajstić information content (AvgIpc) is 3.63. The number of benzene rings is 2. The van der Waals surface area contributed by atoms with E-state index >= 15 is 0 Å². The van der Waals surface area contributed by atoms with Crippen molar-refractivity contribution in [2.75, 3.05) is 33.0 Å². The minimum Gasteiger partial charge on any atom is -0.494 e. The largest absolute Gasteiger partial charge is 0.494 e. The molecule has 0 atom stereocenters. The predicted molar refractivity (Wildman–Crippen MR) is 184 cm³/mol. The minimum atomic E-state index is -0.408. The molecule has 3 rings (SSSR count). The Morgan fingerprint density at radius 1 is 0.667 bits per heavy atom. The van der Waals surface area contributed by atoms with Crippen LogP contribution in [0.15, 0.2) is 79.3 Å². The molecule has 2 aromatic carbocycles. The van der Waals surface area contributed by atoms with Crippen molar-refractivity contribution in [1.29, 1.82) is 0 Å². The Balaban J connectivity index is 1.43. The third-order valence-electron chi connectivity index (χ3n) is 7.34. The molecule has 0 aliphatic rings. The van der Waals surface area contributed by atoms with Crippen LogP contribution in [0, 0.1) is 0 Å². The maximum atomic E-state index is 12.0. The van der Waals surface area contributed by atoms with Crippen molar-refractivity contribution in [2.24, 2.45) is 0 Å². The van der Waals surface area contributed by atoms with Gasteiger partial charge in [0.1, 0.15) is 17.2 Å². The molecule has 258 valence electrons. The third kappa shape index (κ3) is 13.9. The number of esters is 3. The van der Waals surface area contributed by atoms with Crippen molar-refractivity contribution < 1.29 is 38.1 Å². The third-order valence-corrected chi connectivity index (χ3v) is 7.34. The number of H-pyrrole nitrogens is 1. The number of unbranched alkanes of at least 4 members (excludes halogenated alkanes) is 6. The molecule has 0 unspecified atom stereocenters. The summed E-state index contributed by atoms with van der Waals surface area (Å²) in [7, 11) is 0. The van der Waals surface area contributed by atoms with E-state index in [0.717, 1.165) is 73.1 Å². The van der Waals surface area contributed by atoms with Crippen LogP contribution in [0.3, 0.4) is 0 Å². The van der Waals surface area contributed by atoms with Crippen molar-refractivity contribution in [3.8, 4) is 22.6 Å². The lowest BCUT2D eigenvalue weighted by Gasteiger charge is -2.14. The summed E-state index contributed by atoms with van der Waals surface area (Å²) in [5.41, 5.74) is 4.17. The van der Waals surface area contributed by atoms with Crippen LogP contribution in [-0.4, -0.2) is 60.9 Å². The van der Waals surface area contributed by atoms with Gasteiger partial charge in [-0.05, 0) is 80.5 Å². The van der Waals surface area contributed by atoms with Gasteiger partial charge in [-0.2, -0.15) is 0 Å². The first kappa shape index (κ1) is 37.6. The molecule has 0 radical (unpaired) electrons. The highest BCUT2D eigenvalue weighted by Crippen LogP contribution is 2.30. The van der Waals surface area contributed by atoms with E-state index in [1.807, 2.05) is 42.5 Å². The number of aromatic nitrogens is 2. The molecule has 0 spiro atoms. The molecule has 0 fully saturated rings. The molecule has 0 saturated heterocycles. The van der Waals surface area contributed by atoms with Crippen LogP contribution in [0.25, 0.3) is 11.1 Å². The zero-order chi connectivity index (χ0) is 34.6. The summed E-state index contributed by atoms with van der Waals surface area (Å²) in [5.74, 6) is 0.371. The van der Waals surface area contributed by atoms with E-state index < -0.39 is 5.97 Å². The summed E-state index contributed by atoms with van der Waals surface area (Å²) in [6.07, 6.45) is 10.9. The van der Waals surface area contributed by atoms with Crippen LogP contribution in [0.5, 0.6) is 11.5 Å². The highest BCUT2D eigenvalue weighted by Gasteiger charge is 2.11. The number of hydrogen-bond acceptors (Lipinski definition) is 9. The Morgan fingerprint density at radius 2 is 1.21 bits per heavy atom. The van der Waals surface area contributed by atoms with Crippen LogP contribution >= 0.6 is 0 Å². The Labute approximate surface area is 283 Å². The lowest BCUT2D eigenvalue weighted by molar-refractivity contribution is -0.139. The molecular weight excluding hydrogens is 612 g/mol. The number of carbonyl (C=O) groups excluding carboxylic acids is 3. The standard InChI is InChI=1S/C38H48N2O8/c1-28(2)36(41)46-23-12-11-21-44-32-15-13-30(14-16-32)34-18-17-33(25-31(34)19-24-48-37(42)29(3)4)45-20-9-7-5-6-8-10-22-47-38(43)35-26-39-27-40-35/h13-18,25-27H,1,3,5-12,19-24H2,2,4H3,(H,39,40). The fraction of sp³-hybridized carbons (Fsp3) is 0.421. The molecule has 48 heavy (non-hydrogen) atoms. The van der Waals surface area contributed by atoms with Gasteiger partial charge in [0.15, 0.2) is 0 Å². The zero-order valence-electron chi connectivity index (χ0n) is 28.2. The monoisotopic (exact) mass is 660 g/mol.